The normalized spacial score (nSPS) is 11.3. The van der Waals surface area contributed by atoms with Crippen LogP contribution in [0.25, 0.3) is 10.4 Å². The standard InChI is InChI=1S/C24H16ClF3N2O2S/c1-32-19-10-6-5-9-18(19)30(22(31)16-11-13-17(25)14-12-16)23-29-21(24(26,27)28)20(33-23)15-7-3-2-4-8-15/h2-14H,1H3. The van der Waals surface area contributed by atoms with E-state index in [2.05, 4.69) is 4.98 Å². The van der Waals surface area contributed by atoms with Gasteiger partial charge in [0.1, 0.15) is 5.75 Å². The topological polar surface area (TPSA) is 42.4 Å². The van der Waals surface area contributed by atoms with Gasteiger partial charge in [0.25, 0.3) is 5.91 Å². The van der Waals surface area contributed by atoms with Crippen molar-refractivity contribution in [2.75, 3.05) is 12.0 Å². The molecule has 0 aliphatic heterocycles. The Kier molecular flexibility index (Phi) is 6.40. The highest BCUT2D eigenvalue weighted by Crippen LogP contribution is 2.45. The van der Waals surface area contributed by atoms with Gasteiger partial charge in [-0.2, -0.15) is 13.2 Å². The number of hydrogen-bond donors (Lipinski definition) is 0. The zero-order chi connectivity index (χ0) is 23.6. The summed E-state index contributed by atoms with van der Waals surface area (Å²) in [4.78, 5) is 18.5. The van der Waals surface area contributed by atoms with Crippen molar-refractivity contribution in [2.24, 2.45) is 0 Å². The number of para-hydroxylation sites is 2. The third kappa shape index (κ3) is 4.72. The van der Waals surface area contributed by atoms with Crippen LogP contribution in [-0.2, 0) is 6.18 Å². The van der Waals surface area contributed by atoms with Crippen molar-refractivity contribution in [2.45, 2.75) is 6.18 Å². The number of rotatable bonds is 5. The summed E-state index contributed by atoms with van der Waals surface area (Å²) in [5.74, 6) is -0.261. The van der Waals surface area contributed by atoms with Gasteiger partial charge in [0.2, 0.25) is 0 Å². The second-order valence-electron chi connectivity index (χ2n) is 6.86. The van der Waals surface area contributed by atoms with E-state index in [1.54, 1.807) is 54.6 Å². The van der Waals surface area contributed by atoms with Crippen LogP contribution in [0.15, 0.2) is 78.9 Å². The number of halogens is 4. The molecule has 1 heterocycles. The summed E-state index contributed by atoms with van der Waals surface area (Å²) >= 11 is 6.72. The lowest BCUT2D eigenvalue weighted by Gasteiger charge is -2.22. The number of thiazole rings is 1. The van der Waals surface area contributed by atoms with Crippen molar-refractivity contribution in [3.05, 3.63) is 95.1 Å². The van der Waals surface area contributed by atoms with Crippen molar-refractivity contribution >= 4 is 39.7 Å². The number of methoxy groups -OCH3 is 1. The number of ether oxygens (including phenoxy) is 1. The fourth-order valence-electron chi connectivity index (χ4n) is 3.22. The Bertz CT molecular complexity index is 1280. The van der Waals surface area contributed by atoms with E-state index in [0.29, 0.717) is 16.3 Å². The monoisotopic (exact) mass is 488 g/mol. The molecule has 0 saturated heterocycles. The molecule has 4 rings (SSSR count). The highest BCUT2D eigenvalue weighted by Gasteiger charge is 2.39. The summed E-state index contributed by atoms with van der Waals surface area (Å²) in [6.45, 7) is 0. The van der Waals surface area contributed by atoms with Crippen LogP contribution in [0.5, 0.6) is 5.75 Å². The van der Waals surface area contributed by atoms with Crippen molar-refractivity contribution in [1.29, 1.82) is 0 Å². The average Bonchev–Trinajstić information content (AvgIpc) is 3.26. The van der Waals surface area contributed by atoms with Crippen molar-refractivity contribution in [1.82, 2.24) is 4.98 Å². The van der Waals surface area contributed by atoms with Gasteiger partial charge in [0.05, 0.1) is 17.7 Å². The molecule has 0 atom stereocenters. The summed E-state index contributed by atoms with van der Waals surface area (Å²) in [5, 5.41) is 0.293. The van der Waals surface area contributed by atoms with Gasteiger partial charge < -0.3 is 4.74 Å². The third-order valence-corrected chi connectivity index (χ3v) is 6.07. The van der Waals surface area contributed by atoms with Gasteiger partial charge in [-0.1, -0.05) is 65.4 Å². The Morgan fingerprint density at radius 3 is 2.24 bits per heavy atom. The second-order valence-corrected chi connectivity index (χ2v) is 8.27. The molecule has 1 aromatic heterocycles. The molecule has 0 fully saturated rings. The minimum Gasteiger partial charge on any atom is -0.495 e. The van der Waals surface area contributed by atoms with E-state index in [1.165, 1.54) is 31.4 Å². The van der Waals surface area contributed by atoms with Crippen LogP contribution < -0.4 is 9.64 Å². The number of carbonyl (C=O) groups is 1. The Morgan fingerprint density at radius 2 is 1.61 bits per heavy atom. The lowest BCUT2D eigenvalue weighted by Crippen LogP contribution is -2.26. The quantitative estimate of drug-likeness (QED) is 0.292. The summed E-state index contributed by atoms with van der Waals surface area (Å²) in [5.41, 5.74) is -0.206. The van der Waals surface area contributed by atoms with Crippen LogP contribution in [0.4, 0.5) is 24.0 Å². The molecule has 3 aromatic carbocycles. The number of alkyl halides is 3. The van der Waals surface area contributed by atoms with Gasteiger partial charge >= 0.3 is 6.18 Å². The fourth-order valence-corrected chi connectivity index (χ4v) is 4.45. The van der Waals surface area contributed by atoms with Gasteiger partial charge in [0, 0.05) is 10.6 Å². The van der Waals surface area contributed by atoms with Gasteiger partial charge in [0.15, 0.2) is 10.8 Å². The molecule has 0 radical (unpaired) electrons. The zero-order valence-electron chi connectivity index (χ0n) is 17.1. The number of nitrogens with zero attached hydrogens (tertiary/aromatic N) is 2. The third-order valence-electron chi connectivity index (χ3n) is 4.73. The smallest absolute Gasteiger partial charge is 0.434 e. The van der Waals surface area contributed by atoms with E-state index in [4.69, 9.17) is 16.3 Å². The molecule has 0 spiro atoms. The first-order valence-corrected chi connectivity index (χ1v) is 10.9. The molecular formula is C24H16ClF3N2O2S. The first kappa shape index (κ1) is 22.8. The van der Waals surface area contributed by atoms with Gasteiger partial charge in [-0.25, -0.2) is 9.88 Å². The van der Waals surface area contributed by atoms with E-state index < -0.39 is 17.8 Å². The highest BCUT2D eigenvalue weighted by molar-refractivity contribution is 7.19. The predicted octanol–water partition coefficient (Wildman–Crippen LogP) is 7.47. The van der Waals surface area contributed by atoms with Crippen LogP contribution in [-0.4, -0.2) is 18.0 Å². The second kappa shape index (κ2) is 9.25. The average molecular weight is 489 g/mol. The Labute approximate surface area is 196 Å². The number of anilines is 2. The first-order chi connectivity index (χ1) is 15.8. The number of carbonyl (C=O) groups excluding carboxylic acids is 1. The number of amides is 1. The zero-order valence-corrected chi connectivity index (χ0v) is 18.7. The lowest BCUT2D eigenvalue weighted by atomic mass is 10.1. The fraction of sp³-hybridized carbons (Fsp3) is 0.0833. The molecule has 1 amide bonds. The van der Waals surface area contributed by atoms with Crippen LogP contribution >= 0.6 is 22.9 Å². The molecule has 0 bridgehead atoms. The van der Waals surface area contributed by atoms with Crippen molar-refractivity contribution < 1.29 is 22.7 Å². The summed E-state index contributed by atoms with van der Waals surface area (Å²) in [6, 6.07) is 20.8. The molecule has 33 heavy (non-hydrogen) atoms. The molecule has 0 saturated carbocycles. The van der Waals surface area contributed by atoms with Crippen LogP contribution in [0.3, 0.4) is 0 Å². The van der Waals surface area contributed by atoms with Gasteiger partial charge in [-0.15, -0.1) is 0 Å². The minimum absolute atomic E-state index is 0.0816. The number of benzene rings is 3. The van der Waals surface area contributed by atoms with E-state index in [-0.39, 0.29) is 21.3 Å². The van der Waals surface area contributed by atoms with Gasteiger partial charge in [-0.05, 0) is 42.0 Å². The van der Waals surface area contributed by atoms with Crippen LogP contribution in [0, 0.1) is 0 Å². The molecule has 4 nitrogen and oxygen atoms in total. The molecule has 0 aliphatic carbocycles. The molecule has 0 aliphatic rings. The number of aromatic nitrogens is 1. The van der Waals surface area contributed by atoms with Crippen LogP contribution in [0.2, 0.25) is 5.02 Å². The first-order valence-electron chi connectivity index (χ1n) is 9.66. The number of hydrogen-bond acceptors (Lipinski definition) is 4. The summed E-state index contributed by atoms with van der Waals surface area (Å²) in [7, 11) is 1.42. The molecular weight excluding hydrogens is 473 g/mol. The van der Waals surface area contributed by atoms with Crippen molar-refractivity contribution in [3.8, 4) is 16.2 Å². The molecule has 168 valence electrons. The Morgan fingerprint density at radius 1 is 0.970 bits per heavy atom. The predicted molar refractivity (Wildman–Crippen MR) is 123 cm³/mol. The largest absolute Gasteiger partial charge is 0.495 e. The Hall–Kier alpha value is -3.36. The summed E-state index contributed by atoms with van der Waals surface area (Å²) in [6.07, 6.45) is -4.71. The minimum atomic E-state index is -4.71. The summed E-state index contributed by atoms with van der Waals surface area (Å²) < 4.78 is 47.2. The van der Waals surface area contributed by atoms with E-state index in [1.807, 2.05) is 0 Å². The SMILES string of the molecule is COc1ccccc1N(C(=O)c1ccc(Cl)cc1)c1nc(C(F)(F)F)c(-c2ccccc2)s1. The van der Waals surface area contributed by atoms with E-state index in [9.17, 15) is 18.0 Å². The van der Waals surface area contributed by atoms with E-state index in [0.717, 1.165) is 16.2 Å². The molecule has 0 N–H and O–H groups in total. The molecule has 4 aromatic rings. The maximum Gasteiger partial charge on any atom is 0.434 e. The molecule has 9 heteroatoms. The van der Waals surface area contributed by atoms with Crippen molar-refractivity contribution in [3.63, 3.8) is 0 Å². The molecule has 0 unspecified atom stereocenters. The Balaban J connectivity index is 1.94. The maximum atomic E-state index is 13.9. The van der Waals surface area contributed by atoms with E-state index >= 15 is 0 Å². The van der Waals surface area contributed by atoms with Gasteiger partial charge in [-0.3, -0.25) is 4.79 Å². The lowest BCUT2D eigenvalue weighted by molar-refractivity contribution is -0.140. The maximum absolute atomic E-state index is 13.9. The van der Waals surface area contributed by atoms with Crippen LogP contribution in [0.1, 0.15) is 16.1 Å². The highest BCUT2D eigenvalue weighted by atomic mass is 35.5.